The fourth-order valence-corrected chi connectivity index (χ4v) is 9.46. The summed E-state index contributed by atoms with van der Waals surface area (Å²) in [4.78, 5) is 166. The van der Waals surface area contributed by atoms with Gasteiger partial charge in [-0.25, -0.2) is 13.6 Å². The Morgan fingerprint density at radius 2 is 1.44 bits per heavy atom. The van der Waals surface area contributed by atoms with Crippen molar-refractivity contribution in [1.82, 2.24) is 46.1 Å². The summed E-state index contributed by atoms with van der Waals surface area (Å²) < 4.78 is 31.9. The molecule has 3 heterocycles. The minimum absolute atomic E-state index is 0.0127. The number of aliphatic hydroxyl groups excluding tert-OH is 1. The second kappa shape index (κ2) is 32.3. The van der Waals surface area contributed by atoms with Crippen LogP contribution in [0.3, 0.4) is 0 Å². The number of hydroxylamine groups is 2. The highest BCUT2D eigenvalue weighted by Crippen LogP contribution is 2.41. The third-order valence-corrected chi connectivity index (χ3v) is 13.9. The highest BCUT2D eigenvalue weighted by atomic mass is 19.1. The summed E-state index contributed by atoms with van der Waals surface area (Å²) in [6.45, 7) is 6.42. The maximum Gasteiger partial charge on any atom is 0.333 e. The van der Waals surface area contributed by atoms with Crippen molar-refractivity contribution in [2.75, 3.05) is 26.2 Å². The number of primary amides is 1. The molecule has 1 aliphatic rings. The Morgan fingerprint density at radius 3 is 2.09 bits per heavy atom. The SMILES string of the molecule is C[C@H](NC(=O)Cc1ccncc1)C(=O)C[C@H](C)C(=O)N[C@@H](CC(N)=O)C(=O)N[C@@H](CCN(C(=O)CO)[C@@H](c1cc(-c2cc(F)ccc2F)cn1Cc1ccccc1)C(C)(C)C)C(=O)NCCCC(=O)CNC(=O)CCCC(=O)ON1C(=O)CCC1=O. The minimum atomic E-state index is -1.72. The van der Waals surface area contributed by atoms with Crippen LogP contribution < -0.4 is 32.3 Å². The first kappa shape index (κ1) is 67.7. The number of aliphatic hydroxyl groups is 1. The van der Waals surface area contributed by atoms with Crippen molar-refractivity contribution in [1.29, 1.82) is 0 Å². The van der Waals surface area contributed by atoms with E-state index in [0.29, 0.717) is 16.3 Å². The van der Waals surface area contributed by atoms with E-state index in [4.69, 9.17) is 10.6 Å². The Labute approximate surface area is 495 Å². The van der Waals surface area contributed by atoms with E-state index >= 15 is 4.39 Å². The molecule has 24 nitrogen and oxygen atoms in total. The van der Waals surface area contributed by atoms with E-state index in [2.05, 4.69) is 31.6 Å². The van der Waals surface area contributed by atoms with Crippen molar-refractivity contribution in [3.05, 3.63) is 114 Å². The summed E-state index contributed by atoms with van der Waals surface area (Å²) in [5, 5.41) is 23.6. The molecule has 9 amide bonds. The van der Waals surface area contributed by atoms with E-state index in [1.807, 2.05) is 30.3 Å². The molecule has 0 unspecified atom stereocenters. The number of ketones is 2. The van der Waals surface area contributed by atoms with Gasteiger partial charge in [0, 0.05) is 99.5 Å². The molecule has 0 radical (unpaired) electrons. The molecule has 0 saturated carbocycles. The number of halogens is 2. The van der Waals surface area contributed by atoms with Crippen LogP contribution in [0, 0.1) is 23.0 Å². The summed E-state index contributed by atoms with van der Waals surface area (Å²) in [6.07, 6.45) is 2.17. The first-order valence-corrected chi connectivity index (χ1v) is 28.1. The average Bonchev–Trinajstić information content (AvgIpc) is 3.30. The van der Waals surface area contributed by atoms with Crippen LogP contribution in [0.1, 0.15) is 122 Å². The number of hydrogen-bond acceptors (Lipinski definition) is 15. The minimum Gasteiger partial charge on any atom is -0.387 e. The van der Waals surface area contributed by atoms with E-state index in [1.54, 1.807) is 49.7 Å². The number of hydrogen-bond donors (Lipinski definition) is 7. The van der Waals surface area contributed by atoms with Gasteiger partial charge in [-0.1, -0.05) is 58.0 Å². The van der Waals surface area contributed by atoms with Gasteiger partial charge in [0.1, 0.15) is 30.3 Å². The molecule has 8 N–H and O–H groups in total. The van der Waals surface area contributed by atoms with Crippen LogP contribution in [0.4, 0.5) is 8.78 Å². The van der Waals surface area contributed by atoms with E-state index in [0.717, 1.165) is 23.8 Å². The molecule has 0 bridgehead atoms. The van der Waals surface area contributed by atoms with E-state index in [9.17, 15) is 67.0 Å². The van der Waals surface area contributed by atoms with Crippen molar-refractivity contribution < 1.29 is 76.3 Å². The van der Waals surface area contributed by atoms with Crippen molar-refractivity contribution in [2.45, 2.75) is 136 Å². The number of Topliss-reactive ketones (excluding diaryl/α,β-unsaturated/α-hetero) is 2. The molecule has 1 fully saturated rings. The standard InChI is InChI=1S/C60H74F2N10O14/c1-36(27-48(75)37(2)67-51(78)28-38-20-24-64-25-21-38)57(83)69-46(31-49(63)76)59(85)68-45(58(84)65-23-10-13-42(74)32-66-50(77)14-9-15-55(82)86-72-52(79)18-19-53(72)80)22-26-71(54(81)35-73)56(60(3,4)5)47-29-40(43-30-41(61)16-17-44(43)62)34-70(47)33-39-11-7-6-8-12-39/h6-8,11-12,16-17,20-21,24-25,29-30,34,36-37,45-46,56,73H,9-10,13-15,18-19,22-23,26-28,31-33,35H2,1-5H3,(H2,63,76)(H,65,84)(H,66,77)(H,67,78)(H,68,85)(H,69,83)/t36-,37-,45-,46-,56-/m0/s1. The summed E-state index contributed by atoms with van der Waals surface area (Å²) in [5.41, 5.74) is 6.70. The summed E-state index contributed by atoms with van der Waals surface area (Å²) in [6, 6.07) is 11.7. The second-order valence-electron chi connectivity index (χ2n) is 22.0. The van der Waals surface area contributed by atoms with Gasteiger partial charge in [0.15, 0.2) is 11.6 Å². The first-order chi connectivity index (χ1) is 40.7. The van der Waals surface area contributed by atoms with Crippen LogP contribution in [0.2, 0.25) is 0 Å². The summed E-state index contributed by atoms with van der Waals surface area (Å²) >= 11 is 0. The lowest BCUT2D eigenvalue weighted by atomic mass is 9.82. The number of carbonyl (C=O) groups excluding carboxylic acids is 12. The first-order valence-electron chi connectivity index (χ1n) is 28.1. The largest absolute Gasteiger partial charge is 0.387 e. The highest BCUT2D eigenvalue weighted by Gasteiger charge is 2.39. The Balaban J connectivity index is 1.34. The van der Waals surface area contributed by atoms with Gasteiger partial charge in [-0.15, -0.1) is 5.06 Å². The number of pyridine rings is 1. The topological polar surface area (TPSA) is 345 Å². The molecule has 0 spiro atoms. The van der Waals surface area contributed by atoms with Gasteiger partial charge < -0.3 is 51.7 Å². The Morgan fingerprint density at radius 1 is 0.767 bits per heavy atom. The third-order valence-electron chi connectivity index (χ3n) is 13.9. The number of imide groups is 1. The second-order valence-corrected chi connectivity index (χ2v) is 22.0. The van der Waals surface area contributed by atoms with Gasteiger partial charge in [-0.3, -0.25) is 57.7 Å². The van der Waals surface area contributed by atoms with E-state index < -0.39 is 150 Å². The summed E-state index contributed by atoms with van der Waals surface area (Å²) in [7, 11) is 0. The number of nitrogens with one attached hydrogen (secondary N) is 5. The maximum atomic E-state index is 15.5. The van der Waals surface area contributed by atoms with Gasteiger partial charge in [-0.05, 0) is 79.1 Å². The van der Waals surface area contributed by atoms with Crippen LogP contribution in [0.15, 0.2) is 85.3 Å². The zero-order valence-electron chi connectivity index (χ0n) is 48.7. The number of benzene rings is 2. The fourth-order valence-electron chi connectivity index (χ4n) is 9.46. The molecule has 5 rings (SSSR count). The average molecular weight is 1200 g/mol. The van der Waals surface area contributed by atoms with Crippen LogP contribution in [0.5, 0.6) is 0 Å². The van der Waals surface area contributed by atoms with E-state index in [-0.39, 0.29) is 82.1 Å². The third kappa shape index (κ3) is 20.9. The highest BCUT2D eigenvalue weighted by molar-refractivity contribution is 6.01. The molecule has 462 valence electrons. The van der Waals surface area contributed by atoms with Crippen molar-refractivity contribution in [3.63, 3.8) is 0 Å². The molecule has 5 atom stereocenters. The molecule has 26 heteroatoms. The Hall–Kier alpha value is -9.07. The Bertz CT molecular complexity index is 3100. The predicted molar refractivity (Wildman–Crippen MR) is 304 cm³/mol. The van der Waals surface area contributed by atoms with Crippen LogP contribution in [-0.2, 0) is 75.3 Å². The fraction of sp³-hybridized carbons (Fsp3) is 0.450. The molecular formula is C60H74F2N10O14. The van der Waals surface area contributed by atoms with Gasteiger partial charge in [-0.2, -0.15) is 0 Å². The number of nitrogens with two attached hydrogens (primary N) is 1. The maximum absolute atomic E-state index is 15.5. The normalized spacial score (nSPS) is 14.0. The lowest BCUT2D eigenvalue weighted by molar-refractivity contribution is -0.197. The van der Waals surface area contributed by atoms with Gasteiger partial charge in [0.05, 0.1) is 31.5 Å². The van der Waals surface area contributed by atoms with Gasteiger partial charge in [0.2, 0.25) is 41.4 Å². The van der Waals surface area contributed by atoms with Crippen molar-refractivity contribution >= 4 is 70.7 Å². The van der Waals surface area contributed by atoms with E-state index in [1.165, 1.54) is 31.1 Å². The molecule has 86 heavy (non-hydrogen) atoms. The van der Waals surface area contributed by atoms with Crippen LogP contribution >= 0.6 is 0 Å². The number of rotatable bonds is 33. The number of carbonyl (C=O) groups is 12. The zero-order chi connectivity index (χ0) is 63.3. The number of aromatic nitrogens is 2. The van der Waals surface area contributed by atoms with Crippen LogP contribution in [0.25, 0.3) is 11.1 Å². The van der Waals surface area contributed by atoms with Crippen LogP contribution in [-0.4, -0.2) is 140 Å². The van der Waals surface area contributed by atoms with Gasteiger partial charge >= 0.3 is 5.97 Å². The number of amides is 9. The molecule has 4 aromatic rings. The lowest BCUT2D eigenvalue weighted by Gasteiger charge is -2.41. The zero-order valence-corrected chi connectivity index (χ0v) is 48.7. The number of nitrogens with zero attached hydrogens (tertiary/aromatic N) is 4. The molecule has 2 aromatic carbocycles. The van der Waals surface area contributed by atoms with Gasteiger partial charge in [0.25, 0.3) is 11.8 Å². The van der Waals surface area contributed by atoms with Crippen molar-refractivity contribution in [3.8, 4) is 11.1 Å². The monoisotopic (exact) mass is 1200 g/mol. The molecule has 2 aromatic heterocycles. The lowest BCUT2D eigenvalue weighted by Crippen LogP contribution is -2.56. The predicted octanol–water partition coefficient (Wildman–Crippen LogP) is 2.72. The molecular weight excluding hydrogens is 1120 g/mol. The molecule has 1 saturated heterocycles. The molecule has 1 aliphatic heterocycles. The van der Waals surface area contributed by atoms with Crippen molar-refractivity contribution in [2.24, 2.45) is 17.1 Å². The summed E-state index contributed by atoms with van der Waals surface area (Å²) in [5.74, 6) is -11.5. The quantitative estimate of drug-likeness (QED) is 0.0266. The Kier molecular flexibility index (Phi) is 25.4. The smallest absolute Gasteiger partial charge is 0.333 e. The molecule has 0 aliphatic carbocycles.